The first-order valence-electron chi connectivity index (χ1n) is 7.55. The maximum atomic E-state index is 11.7. The smallest absolute Gasteiger partial charge is 0.259 e. The maximum absolute atomic E-state index is 11.7. The van der Waals surface area contributed by atoms with Crippen LogP contribution in [0.1, 0.15) is 20.7 Å². The molecule has 1 heterocycles. The van der Waals surface area contributed by atoms with Crippen LogP contribution in [-0.4, -0.2) is 11.8 Å². The van der Waals surface area contributed by atoms with Gasteiger partial charge in [-0.1, -0.05) is 0 Å². The van der Waals surface area contributed by atoms with Gasteiger partial charge in [-0.15, -0.1) is 0 Å². The van der Waals surface area contributed by atoms with Crippen LogP contribution in [-0.2, 0) is 0 Å². The Labute approximate surface area is 153 Å². The van der Waals surface area contributed by atoms with E-state index in [9.17, 15) is 9.59 Å². The number of fused-ring (bicyclic) bond motifs is 1. The number of nitriles is 3. The van der Waals surface area contributed by atoms with Gasteiger partial charge in [0.1, 0.15) is 35.4 Å². The van der Waals surface area contributed by atoms with Crippen LogP contribution >= 0.6 is 0 Å². The zero-order valence-corrected chi connectivity index (χ0v) is 13.6. The van der Waals surface area contributed by atoms with Crippen LogP contribution in [0.15, 0.2) is 53.7 Å². The van der Waals surface area contributed by atoms with Crippen LogP contribution < -0.4 is 15.4 Å². The number of carbonyl (C=O) groups excluding carboxylic acids is 2. The van der Waals surface area contributed by atoms with Crippen LogP contribution in [0.25, 0.3) is 0 Å². The van der Waals surface area contributed by atoms with E-state index in [1.807, 2.05) is 0 Å². The van der Waals surface area contributed by atoms with Crippen molar-refractivity contribution in [3.8, 4) is 29.7 Å². The molecule has 0 atom stereocenters. The summed E-state index contributed by atoms with van der Waals surface area (Å²) < 4.78 is 5.66. The van der Waals surface area contributed by atoms with Crippen LogP contribution in [0.3, 0.4) is 0 Å². The molecular weight excluding hydrogens is 346 g/mol. The van der Waals surface area contributed by atoms with Gasteiger partial charge in [-0.05, 0) is 42.5 Å². The van der Waals surface area contributed by atoms with Crippen LogP contribution in [0, 0.1) is 34.0 Å². The Morgan fingerprint density at radius 1 is 0.852 bits per heavy atom. The van der Waals surface area contributed by atoms with E-state index in [1.165, 1.54) is 12.1 Å². The van der Waals surface area contributed by atoms with Crippen molar-refractivity contribution < 1.29 is 14.3 Å². The molecule has 8 nitrogen and oxygen atoms in total. The Hall–Kier alpha value is -4.61. The Kier molecular flexibility index (Phi) is 4.53. The molecular formula is C19H9N5O3. The zero-order chi connectivity index (χ0) is 19.4. The highest BCUT2D eigenvalue weighted by atomic mass is 16.5. The summed E-state index contributed by atoms with van der Waals surface area (Å²) in [6.45, 7) is 0. The van der Waals surface area contributed by atoms with E-state index in [4.69, 9.17) is 20.5 Å². The highest BCUT2D eigenvalue weighted by molar-refractivity contribution is 6.21. The van der Waals surface area contributed by atoms with E-state index in [-0.39, 0.29) is 16.8 Å². The summed E-state index contributed by atoms with van der Waals surface area (Å²) in [6, 6.07) is 16.0. The summed E-state index contributed by atoms with van der Waals surface area (Å²) >= 11 is 0. The first-order chi connectivity index (χ1) is 13.0. The largest absolute Gasteiger partial charge is 0.457 e. The van der Waals surface area contributed by atoms with Gasteiger partial charge in [-0.3, -0.25) is 14.9 Å². The lowest BCUT2D eigenvalue weighted by Crippen LogP contribution is -2.19. The third-order valence-electron chi connectivity index (χ3n) is 3.65. The Morgan fingerprint density at radius 3 is 2.11 bits per heavy atom. The van der Waals surface area contributed by atoms with Crippen molar-refractivity contribution in [3.63, 3.8) is 0 Å². The van der Waals surface area contributed by atoms with Gasteiger partial charge >= 0.3 is 0 Å². The lowest BCUT2D eigenvalue weighted by atomic mass is 10.1. The summed E-state index contributed by atoms with van der Waals surface area (Å²) in [5.74, 6) is -0.0734. The Morgan fingerprint density at radius 2 is 1.48 bits per heavy atom. The Bertz CT molecular complexity index is 1100. The second-order valence-electron chi connectivity index (χ2n) is 5.33. The van der Waals surface area contributed by atoms with Gasteiger partial charge in [0.05, 0.1) is 11.1 Å². The molecule has 0 spiro atoms. The third kappa shape index (κ3) is 3.43. The van der Waals surface area contributed by atoms with E-state index in [1.54, 1.807) is 48.5 Å². The molecule has 2 amide bonds. The van der Waals surface area contributed by atoms with Gasteiger partial charge < -0.3 is 10.1 Å². The van der Waals surface area contributed by atoms with Crippen molar-refractivity contribution in [2.45, 2.75) is 0 Å². The van der Waals surface area contributed by atoms with Crippen molar-refractivity contribution in [3.05, 3.63) is 64.9 Å². The van der Waals surface area contributed by atoms with Gasteiger partial charge in [-0.2, -0.15) is 15.8 Å². The molecule has 3 rings (SSSR count). The molecule has 0 bridgehead atoms. The number of ether oxygens (including phenoxy) is 1. The molecule has 0 unspecified atom stereocenters. The normalized spacial score (nSPS) is 11.3. The number of allylic oxidation sites excluding steroid dienone is 2. The number of nitrogens with one attached hydrogen (secondary N) is 2. The molecule has 0 fully saturated rings. The number of anilines is 1. The molecule has 27 heavy (non-hydrogen) atoms. The molecule has 2 aromatic carbocycles. The second-order valence-corrected chi connectivity index (χ2v) is 5.33. The average molecular weight is 355 g/mol. The van der Waals surface area contributed by atoms with Gasteiger partial charge in [0.25, 0.3) is 11.8 Å². The lowest BCUT2D eigenvalue weighted by Gasteiger charge is -2.08. The summed E-state index contributed by atoms with van der Waals surface area (Å²) in [5.41, 5.74) is 0.571. The quantitative estimate of drug-likeness (QED) is 0.634. The van der Waals surface area contributed by atoms with E-state index in [0.717, 1.165) is 0 Å². The van der Waals surface area contributed by atoms with Crippen molar-refractivity contribution in [1.29, 1.82) is 15.8 Å². The number of amides is 2. The number of imide groups is 1. The van der Waals surface area contributed by atoms with Crippen LogP contribution in [0.5, 0.6) is 11.5 Å². The van der Waals surface area contributed by atoms with Crippen molar-refractivity contribution >= 4 is 17.5 Å². The third-order valence-corrected chi connectivity index (χ3v) is 3.65. The molecule has 0 saturated heterocycles. The maximum Gasteiger partial charge on any atom is 0.259 e. The molecule has 0 aliphatic carbocycles. The monoisotopic (exact) mass is 355 g/mol. The minimum Gasteiger partial charge on any atom is -0.457 e. The molecule has 2 aromatic rings. The molecule has 2 N–H and O–H groups in total. The second kappa shape index (κ2) is 7.10. The highest BCUT2D eigenvalue weighted by Crippen LogP contribution is 2.27. The number of carbonyl (C=O) groups is 2. The summed E-state index contributed by atoms with van der Waals surface area (Å²) in [7, 11) is 0. The predicted octanol–water partition coefficient (Wildman–Crippen LogP) is 2.60. The number of hydrogen-bond acceptors (Lipinski definition) is 7. The number of nitrogens with zero attached hydrogens (tertiary/aromatic N) is 3. The number of benzene rings is 2. The van der Waals surface area contributed by atoms with Crippen LogP contribution in [0.2, 0.25) is 0 Å². The van der Waals surface area contributed by atoms with Gasteiger partial charge in [-0.25, -0.2) is 0 Å². The molecule has 128 valence electrons. The fourth-order valence-corrected chi connectivity index (χ4v) is 2.38. The minimum absolute atomic E-state index is 0.150. The Balaban J connectivity index is 1.77. The SMILES string of the molecule is N#CC(C#N)=C(C#N)Nc1ccc(Oc2ccc3c(c2)C(=O)NC3=O)cc1. The molecule has 1 aliphatic heterocycles. The topological polar surface area (TPSA) is 139 Å². The summed E-state index contributed by atoms with van der Waals surface area (Å²) in [4.78, 5) is 23.2. The highest BCUT2D eigenvalue weighted by Gasteiger charge is 2.26. The molecule has 8 heteroatoms. The molecule has 0 aromatic heterocycles. The van der Waals surface area contributed by atoms with Gasteiger partial charge in [0, 0.05) is 5.69 Å². The van der Waals surface area contributed by atoms with Crippen LogP contribution in [0.4, 0.5) is 5.69 Å². The molecule has 0 saturated carbocycles. The molecule has 1 aliphatic rings. The van der Waals surface area contributed by atoms with Crippen molar-refractivity contribution in [2.24, 2.45) is 0 Å². The number of hydrogen-bond donors (Lipinski definition) is 2. The van der Waals surface area contributed by atoms with Crippen molar-refractivity contribution in [2.75, 3.05) is 5.32 Å². The van der Waals surface area contributed by atoms with E-state index < -0.39 is 11.8 Å². The van der Waals surface area contributed by atoms with E-state index in [2.05, 4.69) is 10.6 Å². The fraction of sp³-hybridized carbons (Fsp3) is 0. The molecule has 0 radical (unpaired) electrons. The summed E-state index contributed by atoms with van der Waals surface area (Å²) in [6.07, 6.45) is 0. The van der Waals surface area contributed by atoms with Gasteiger partial charge in [0.2, 0.25) is 0 Å². The van der Waals surface area contributed by atoms with Gasteiger partial charge in [0.15, 0.2) is 5.57 Å². The number of rotatable bonds is 4. The van der Waals surface area contributed by atoms with Crippen molar-refractivity contribution in [1.82, 2.24) is 5.32 Å². The fourth-order valence-electron chi connectivity index (χ4n) is 2.38. The lowest BCUT2D eigenvalue weighted by molar-refractivity contribution is 0.0879. The van der Waals surface area contributed by atoms with E-state index >= 15 is 0 Å². The summed E-state index contributed by atoms with van der Waals surface area (Å²) in [5, 5.41) is 31.6. The average Bonchev–Trinajstić information content (AvgIpc) is 2.96. The first kappa shape index (κ1) is 17.2. The minimum atomic E-state index is -0.471. The standard InChI is InChI=1S/C19H9N5O3/c20-8-11(9-21)17(10-22)23-12-1-3-13(4-2-12)27-14-5-6-15-16(7-14)19(26)24-18(15)25/h1-7,23H,(H,24,25,26). The predicted molar refractivity (Wildman–Crippen MR) is 92.2 cm³/mol. The first-order valence-corrected chi connectivity index (χ1v) is 7.55. The van der Waals surface area contributed by atoms with E-state index in [0.29, 0.717) is 22.7 Å². The zero-order valence-electron chi connectivity index (χ0n) is 13.6.